The minimum Gasteiger partial charge on any atom is -0.496 e. The third-order valence-electron chi connectivity index (χ3n) is 5.86. The smallest absolute Gasteiger partial charge is 0.261 e. The molecule has 0 aliphatic heterocycles. The molecular formula is C23H25ClN2O3S. The summed E-state index contributed by atoms with van der Waals surface area (Å²) in [6.07, 6.45) is 2.59. The summed E-state index contributed by atoms with van der Waals surface area (Å²) < 4.78 is 34.7. The molecule has 0 spiro atoms. The van der Waals surface area contributed by atoms with Gasteiger partial charge >= 0.3 is 0 Å². The van der Waals surface area contributed by atoms with Crippen LogP contribution in [0.1, 0.15) is 17.5 Å². The molecule has 1 aliphatic rings. The van der Waals surface area contributed by atoms with Crippen molar-refractivity contribution in [3.63, 3.8) is 0 Å². The van der Waals surface area contributed by atoms with E-state index < -0.39 is 10.0 Å². The largest absolute Gasteiger partial charge is 0.496 e. The highest BCUT2D eigenvalue weighted by molar-refractivity contribution is 7.92. The quantitative estimate of drug-likeness (QED) is 0.618. The molecule has 7 heteroatoms. The molecule has 0 aromatic heterocycles. The van der Waals surface area contributed by atoms with E-state index >= 15 is 0 Å². The fourth-order valence-electron chi connectivity index (χ4n) is 4.15. The van der Waals surface area contributed by atoms with Gasteiger partial charge in [-0.3, -0.25) is 4.72 Å². The number of benzene rings is 3. The van der Waals surface area contributed by atoms with Crippen LogP contribution in [-0.4, -0.2) is 40.6 Å². The lowest BCUT2D eigenvalue weighted by Gasteiger charge is -2.32. The van der Waals surface area contributed by atoms with Gasteiger partial charge in [-0.2, -0.15) is 0 Å². The SMILES string of the molecule is COc1ccc(NS(=O)(=O)c2ccc3c(Cl)cccc3c2)c2c1CC(N(C)C)CC2. The number of nitrogens with zero attached hydrogens (tertiary/aromatic N) is 1. The molecule has 4 rings (SSSR count). The van der Waals surface area contributed by atoms with Gasteiger partial charge in [0, 0.05) is 22.0 Å². The van der Waals surface area contributed by atoms with Gasteiger partial charge in [0.05, 0.1) is 17.7 Å². The van der Waals surface area contributed by atoms with Crippen molar-refractivity contribution in [2.24, 2.45) is 0 Å². The molecular weight excluding hydrogens is 420 g/mol. The number of hydrogen-bond acceptors (Lipinski definition) is 4. The van der Waals surface area contributed by atoms with Crippen LogP contribution >= 0.6 is 11.6 Å². The normalized spacial score (nSPS) is 16.5. The zero-order valence-corrected chi connectivity index (χ0v) is 18.8. The Bertz CT molecular complexity index is 1210. The molecule has 0 radical (unpaired) electrons. The van der Waals surface area contributed by atoms with Crippen LogP contribution in [0.2, 0.25) is 5.02 Å². The number of fused-ring (bicyclic) bond motifs is 2. The van der Waals surface area contributed by atoms with Crippen LogP contribution in [0.5, 0.6) is 5.75 Å². The molecule has 0 fully saturated rings. The fourth-order valence-corrected chi connectivity index (χ4v) is 5.52. The van der Waals surface area contributed by atoms with Crippen LogP contribution in [-0.2, 0) is 22.9 Å². The van der Waals surface area contributed by atoms with E-state index in [4.69, 9.17) is 16.3 Å². The highest BCUT2D eigenvalue weighted by Crippen LogP contribution is 2.37. The molecule has 0 saturated carbocycles. The van der Waals surface area contributed by atoms with E-state index in [-0.39, 0.29) is 4.90 Å². The number of methoxy groups -OCH3 is 1. The monoisotopic (exact) mass is 444 g/mol. The van der Waals surface area contributed by atoms with Gasteiger partial charge in [0.25, 0.3) is 10.0 Å². The maximum Gasteiger partial charge on any atom is 0.261 e. The number of ether oxygens (including phenoxy) is 1. The lowest BCUT2D eigenvalue weighted by atomic mass is 9.86. The Hall–Kier alpha value is -2.28. The van der Waals surface area contributed by atoms with Gasteiger partial charge < -0.3 is 9.64 Å². The van der Waals surface area contributed by atoms with Gasteiger partial charge in [0.1, 0.15) is 5.75 Å². The fraction of sp³-hybridized carbons (Fsp3) is 0.304. The van der Waals surface area contributed by atoms with Crippen molar-refractivity contribution in [2.75, 3.05) is 25.9 Å². The third kappa shape index (κ3) is 3.87. The maximum absolute atomic E-state index is 13.2. The van der Waals surface area contributed by atoms with Gasteiger partial charge in [0.2, 0.25) is 0 Å². The Morgan fingerprint density at radius 2 is 1.90 bits per heavy atom. The summed E-state index contributed by atoms with van der Waals surface area (Å²) in [5.74, 6) is 0.805. The van der Waals surface area contributed by atoms with Gasteiger partial charge in [-0.05, 0) is 74.6 Å². The molecule has 3 aromatic rings. The molecule has 0 bridgehead atoms. The number of rotatable bonds is 5. The molecule has 1 atom stereocenters. The topological polar surface area (TPSA) is 58.6 Å². The van der Waals surface area contributed by atoms with Crippen molar-refractivity contribution in [3.05, 3.63) is 64.7 Å². The van der Waals surface area contributed by atoms with E-state index in [1.807, 2.05) is 18.2 Å². The predicted octanol–water partition coefficient (Wildman–Crippen LogP) is 4.72. The zero-order valence-electron chi connectivity index (χ0n) is 17.3. The summed E-state index contributed by atoms with van der Waals surface area (Å²) in [5, 5.41) is 2.22. The van der Waals surface area contributed by atoms with E-state index in [0.717, 1.165) is 46.9 Å². The predicted molar refractivity (Wildman–Crippen MR) is 122 cm³/mol. The van der Waals surface area contributed by atoms with E-state index in [1.54, 1.807) is 37.4 Å². The van der Waals surface area contributed by atoms with E-state index in [0.29, 0.717) is 16.8 Å². The first kappa shape index (κ1) is 21.0. The lowest BCUT2D eigenvalue weighted by molar-refractivity contribution is 0.265. The van der Waals surface area contributed by atoms with Crippen LogP contribution in [0, 0.1) is 0 Å². The molecule has 0 saturated heterocycles. The van der Waals surface area contributed by atoms with E-state index in [2.05, 4.69) is 23.7 Å². The summed E-state index contributed by atoms with van der Waals surface area (Å²) in [5.41, 5.74) is 2.71. The second-order valence-corrected chi connectivity index (χ2v) is 9.95. The molecule has 0 amide bonds. The lowest BCUT2D eigenvalue weighted by Crippen LogP contribution is -2.34. The molecule has 30 heavy (non-hydrogen) atoms. The number of sulfonamides is 1. The first-order valence-corrected chi connectivity index (χ1v) is 11.7. The number of halogens is 1. The minimum absolute atomic E-state index is 0.212. The highest BCUT2D eigenvalue weighted by atomic mass is 35.5. The second-order valence-electron chi connectivity index (χ2n) is 7.86. The summed E-state index contributed by atoms with van der Waals surface area (Å²) in [4.78, 5) is 2.42. The molecule has 3 aromatic carbocycles. The number of anilines is 1. The summed E-state index contributed by atoms with van der Waals surface area (Å²) >= 11 is 6.21. The van der Waals surface area contributed by atoms with Crippen molar-refractivity contribution in [3.8, 4) is 5.75 Å². The van der Waals surface area contributed by atoms with Crippen LogP contribution in [0.3, 0.4) is 0 Å². The summed E-state index contributed by atoms with van der Waals surface area (Å²) in [7, 11) is 2.05. The number of likely N-dealkylation sites (N-methyl/N-ethyl adjacent to an activating group) is 1. The van der Waals surface area contributed by atoms with Crippen LogP contribution < -0.4 is 9.46 Å². The van der Waals surface area contributed by atoms with Crippen LogP contribution in [0.25, 0.3) is 10.8 Å². The Labute approximate surface area is 182 Å². The van der Waals surface area contributed by atoms with E-state index in [9.17, 15) is 8.42 Å². The van der Waals surface area contributed by atoms with Gasteiger partial charge in [0.15, 0.2) is 0 Å². The first-order chi connectivity index (χ1) is 14.3. The van der Waals surface area contributed by atoms with Crippen molar-refractivity contribution in [1.29, 1.82) is 0 Å². The molecule has 1 N–H and O–H groups in total. The van der Waals surface area contributed by atoms with Crippen molar-refractivity contribution in [2.45, 2.75) is 30.2 Å². The number of nitrogens with one attached hydrogen (secondary N) is 1. The van der Waals surface area contributed by atoms with Gasteiger partial charge in [-0.15, -0.1) is 0 Å². The van der Waals surface area contributed by atoms with Crippen LogP contribution in [0.4, 0.5) is 5.69 Å². The molecule has 1 unspecified atom stereocenters. The van der Waals surface area contributed by atoms with Crippen molar-refractivity contribution < 1.29 is 13.2 Å². The minimum atomic E-state index is -3.74. The molecule has 5 nitrogen and oxygen atoms in total. The second kappa shape index (κ2) is 8.10. The average molecular weight is 445 g/mol. The Morgan fingerprint density at radius 1 is 1.10 bits per heavy atom. The van der Waals surface area contributed by atoms with Crippen LogP contribution in [0.15, 0.2) is 53.4 Å². The summed E-state index contributed by atoms with van der Waals surface area (Å²) in [6, 6.07) is 14.5. The number of hydrogen-bond donors (Lipinski definition) is 1. The Kier molecular flexibility index (Phi) is 5.66. The molecule has 158 valence electrons. The zero-order chi connectivity index (χ0) is 21.5. The van der Waals surface area contributed by atoms with Crippen molar-refractivity contribution in [1.82, 2.24) is 4.90 Å². The Balaban J connectivity index is 1.71. The third-order valence-corrected chi connectivity index (χ3v) is 7.55. The molecule has 1 aliphatic carbocycles. The van der Waals surface area contributed by atoms with E-state index in [1.165, 1.54) is 0 Å². The average Bonchev–Trinajstić information content (AvgIpc) is 2.73. The standard InChI is InChI=1S/C23H25ClN2O3S/c1-26(2)16-7-9-19-20(14-16)23(29-3)12-11-22(19)25-30(27,28)17-8-10-18-15(13-17)5-4-6-21(18)24/h4-6,8,10-13,16,25H,7,9,14H2,1-3H3. The highest BCUT2D eigenvalue weighted by Gasteiger charge is 2.27. The van der Waals surface area contributed by atoms with Gasteiger partial charge in [-0.1, -0.05) is 29.8 Å². The maximum atomic E-state index is 13.2. The van der Waals surface area contributed by atoms with Gasteiger partial charge in [-0.25, -0.2) is 8.42 Å². The molecule has 0 heterocycles. The first-order valence-electron chi connectivity index (χ1n) is 9.86. The Morgan fingerprint density at radius 3 is 2.63 bits per heavy atom. The van der Waals surface area contributed by atoms with Crippen molar-refractivity contribution >= 4 is 38.1 Å². The summed E-state index contributed by atoms with van der Waals surface area (Å²) in [6.45, 7) is 0.